The number of piperidine rings is 1. The Kier molecular flexibility index (Phi) is 6.80. The van der Waals surface area contributed by atoms with Gasteiger partial charge in [-0.1, -0.05) is 19.8 Å². The number of rotatable bonds is 7. The van der Waals surface area contributed by atoms with Crippen LogP contribution in [0.15, 0.2) is 0 Å². The van der Waals surface area contributed by atoms with Gasteiger partial charge in [0.15, 0.2) is 0 Å². The van der Waals surface area contributed by atoms with Crippen molar-refractivity contribution in [2.45, 2.75) is 51.5 Å². The van der Waals surface area contributed by atoms with Crippen LogP contribution in [0.4, 0.5) is 0 Å². The number of carbonyl (C=O) groups is 1. The minimum Gasteiger partial charge on any atom is -0.468 e. The van der Waals surface area contributed by atoms with Crippen LogP contribution in [0.1, 0.15) is 46.0 Å². The molecule has 1 aliphatic rings. The molecule has 112 valence electrons. The fourth-order valence-electron chi connectivity index (χ4n) is 2.84. The second-order valence-corrected chi connectivity index (χ2v) is 5.90. The summed E-state index contributed by atoms with van der Waals surface area (Å²) in [4.78, 5) is 14.2. The minimum absolute atomic E-state index is 0.170. The molecule has 1 saturated heterocycles. The maximum Gasteiger partial charge on any atom is 0.325 e. The highest BCUT2D eigenvalue weighted by atomic mass is 16.5. The van der Waals surface area contributed by atoms with Crippen LogP contribution in [0.2, 0.25) is 0 Å². The molecule has 0 radical (unpaired) electrons. The van der Waals surface area contributed by atoms with E-state index in [1.807, 2.05) is 14.0 Å². The molecule has 0 bridgehead atoms. The molecule has 4 nitrogen and oxygen atoms in total. The van der Waals surface area contributed by atoms with Gasteiger partial charge in [0.05, 0.1) is 7.11 Å². The third-order valence-electron chi connectivity index (χ3n) is 4.52. The highest BCUT2D eigenvalue weighted by Gasteiger charge is 2.33. The summed E-state index contributed by atoms with van der Waals surface area (Å²) in [5.74, 6) is 0.744. The zero-order chi connectivity index (χ0) is 14.3. The van der Waals surface area contributed by atoms with Gasteiger partial charge in [0, 0.05) is 6.54 Å². The van der Waals surface area contributed by atoms with Crippen LogP contribution in [0.3, 0.4) is 0 Å². The fraction of sp³-hybridized carbons (Fsp3) is 0.933. The molecule has 0 spiro atoms. The van der Waals surface area contributed by atoms with E-state index in [1.54, 1.807) is 0 Å². The molecule has 0 aromatic heterocycles. The van der Waals surface area contributed by atoms with Gasteiger partial charge in [-0.05, 0) is 52.2 Å². The summed E-state index contributed by atoms with van der Waals surface area (Å²) < 4.78 is 4.88. The second kappa shape index (κ2) is 7.85. The van der Waals surface area contributed by atoms with Crippen LogP contribution in [-0.2, 0) is 9.53 Å². The van der Waals surface area contributed by atoms with E-state index >= 15 is 0 Å². The zero-order valence-corrected chi connectivity index (χ0v) is 13.0. The number of nitrogens with one attached hydrogen (secondary N) is 1. The largest absolute Gasteiger partial charge is 0.468 e. The molecule has 1 rings (SSSR count). The Morgan fingerprint density at radius 2 is 2.05 bits per heavy atom. The van der Waals surface area contributed by atoms with Crippen molar-refractivity contribution in [3.05, 3.63) is 0 Å². The second-order valence-electron chi connectivity index (χ2n) is 5.90. The molecule has 4 heteroatoms. The molecule has 1 fully saturated rings. The van der Waals surface area contributed by atoms with Crippen molar-refractivity contribution in [3.63, 3.8) is 0 Å². The van der Waals surface area contributed by atoms with Gasteiger partial charge in [0.25, 0.3) is 0 Å². The average molecular weight is 270 g/mol. The van der Waals surface area contributed by atoms with Crippen molar-refractivity contribution < 1.29 is 9.53 Å². The van der Waals surface area contributed by atoms with Gasteiger partial charge in [0.1, 0.15) is 5.54 Å². The molecular formula is C15H30N2O2. The standard InChI is InChI=1S/C15H30N2O2/c1-5-6-13-7-10-17(11-8-13)12-9-15(2,16-3)14(18)19-4/h13,16H,5-12H2,1-4H3. The SMILES string of the molecule is CCCC1CCN(CCC(C)(NC)C(=O)OC)CC1. The Labute approximate surface area is 117 Å². The Morgan fingerprint density at radius 1 is 1.42 bits per heavy atom. The Balaban J connectivity index is 2.35. The van der Waals surface area contributed by atoms with Crippen molar-refractivity contribution in [1.29, 1.82) is 0 Å². The molecule has 1 unspecified atom stereocenters. The molecule has 1 aliphatic heterocycles. The van der Waals surface area contributed by atoms with Crippen molar-refractivity contribution >= 4 is 5.97 Å². The van der Waals surface area contributed by atoms with Crippen molar-refractivity contribution in [2.75, 3.05) is 33.8 Å². The van der Waals surface area contributed by atoms with Gasteiger partial charge in [-0.2, -0.15) is 0 Å². The summed E-state index contributed by atoms with van der Waals surface area (Å²) >= 11 is 0. The molecule has 0 saturated carbocycles. The summed E-state index contributed by atoms with van der Waals surface area (Å²) in [6.45, 7) is 7.49. The highest BCUT2D eigenvalue weighted by molar-refractivity contribution is 5.80. The Bertz CT molecular complexity index is 275. The third kappa shape index (κ3) is 4.77. The molecule has 1 N–H and O–H groups in total. The molecular weight excluding hydrogens is 240 g/mol. The van der Waals surface area contributed by atoms with Crippen LogP contribution in [0.25, 0.3) is 0 Å². The number of likely N-dealkylation sites (N-methyl/N-ethyl adjacent to an activating group) is 1. The number of esters is 1. The molecule has 19 heavy (non-hydrogen) atoms. The van der Waals surface area contributed by atoms with Gasteiger partial charge < -0.3 is 15.0 Å². The smallest absolute Gasteiger partial charge is 0.325 e. The normalized spacial score (nSPS) is 21.1. The summed E-state index contributed by atoms with van der Waals surface area (Å²) in [5.41, 5.74) is -0.560. The number of methoxy groups -OCH3 is 1. The van der Waals surface area contributed by atoms with E-state index in [4.69, 9.17) is 4.74 Å². The topological polar surface area (TPSA) is 41.6 Å². The highest BCUT2D eigenvalue weighted by Crippen LogP contribution is 2.22. The number of ether oxygens (including phenoxy) is 1. The quantitative estimate of drug-likeness (QED) is 0.719. The molecule has 0 amide bonds. The van der Waals surface area contributed by atoms with E-state index in [-0.39, 0.29) is 5.97 Å². The number of hydrogen-bond acceptors (Lipinski definition) is 4. The van der Waals surface area contributed by atoms with Crippen molar-refractivity contribution in [2.24, 2.45) is 5.92 Å². The van der Waals surface area contributed by atoms with E-state index in [0.717, 1.165) is 18.9 Å². The van der Waals surface area contributed by atoms with Crippen molar-refractivity contribution in [3.8, 4) is 0 Å². The van der Waals surface area contributed by atoms with E-state index in [2.05, 4.69) is 17.1 Å². The first kappa shape index (κ1) is 16.4. The summed E-state index contributed by atoms with van der Waals surface area (Å²) in [5, 5.41) is 3.10. The summed E-state index contributed by atoms with van der Waals surface area (Å²) in [6, 6.07) is 0. The van der Waals surface area contributed by atoms with Crippen molar-refractivity contribution in [1.82, 2.24) is 10.2 Å². The lowest BCUT2D eigenvalue weighted by molar-refractivity contribution is -0.148. The predicted molar refractivity (Wildman–Crippen MR) is 78.2 cm³/mol. The van der Waals surface area contributed by atoms with Gasteiger partial charge in [0.2, 0.25) is 0 Å². The van der Waals surface area contributed by atoms with Gasteiger partial charge in [-0.3, -0.25) is 4.79 Å². The first-order valence-corrected chi connectivity index (χ1v) is 7.55. The predicted octanol–water partition coefficient (Wildman–Crippen LogP) is 2.04. The van der Waals surface area contributed by atoms with E-state index < -0.39 is 5.54 Å². The maximum absolute atomic E-state index is 11.8. The lowest BCUT2D eigenvalue weighted by Gasteiger charge is -2.34. The zero-order valence-electron chi connectivity index (χ0n) is 13.0. The number of likely N-dealkylation sites (tertiary alicyclic amines) is 1. The van der Waals surface area contributed by atoms with Crippen LogP contribution in [-0.4, -0.2) is 50.2 Å². The van der Waals surface area contributed by atoms with Crippen LogP contribution in [0, 0.1) is 5.92 Å². The lowest BCUT2D eigenvalue weighted by Crippen LogP contribution is -2.50. The monoisotopic (exact) mass is 270 g/mol. The summed E-state index contributed by atoms with van der Waals surface area (Å²) in [6.07, 6.45) is 6.08. The Hall–Kier alpha value is -0.610. The van der Waals surface area contributed by atoms with Crippen LogP contribution < -0.4 is 5.32 Å². The molecule has 0 aliphatic carbocycles. The molecule has 1 heterocycles. The number of nitrogens with zero attached hydrogens (tertiary/aromatic N) is 1. The maximum atomic E-state index is 11.8. The van der Waals surface area contributed by atoms with Gasteiger partial charge in [-0.15, -0.1) is 0 Å². The van der Waals surface area contributed by atoms with Gasteiger partial charge >= 0.3 is 5.97 Å². The summed E-state index contributed by atoms with van der Waals surface area (Å²) in [7, 11) is 3.28. The molecule has 1 atom stereocenters. The van der Waals surface area contributed by atoms with Crippen LogP contribution >= 0.6 is 0 Å². The fourth-order valence-corrected chi connectivity index (χ4v) is 2.84. The Morgan fingerprint density at radius 3 is 2.53 bits per heavy atom. The lowest BCUT2D eigenvalue weighted by atomic mass is 9.91. The van der Waals surface area contributed by atoms with Crippen LogP contribution in [0.5, 0.6) is 0 Å². The first-order valence-electron chi connectivity index (χ1n) is 7.55. The molecule has 0 aromatic rings. The van der Waals surface area contributed by atoms with E-state index in [1.165, 1.54) is 45.9 Å². The van der Waals surface area contributed by atoms with Gasteiger partial charge in [-0.25, -0.2) is 0 Å². The minimum atomic E-state index is -0.560. The van der Waals surface area contributed by atoms with E-state index in [0.29, 0.717) is 0 Å². The third-order valence-corrected chi connectivity index (χ3v) is 4.52. The number of carbonyl (C=O) groups excluding carboxylic acids is 1. The average Bonchev–Trinajstić information content (AvgIpc) is 2.45. The number of hydrogen-bond donors (Lipinski definition) is 1. The first-order chi connectivity index (χ1) is 9.05. The van der Waals surface area contributed by atoms with E-state index in [9.17, 15) is 4.79 Å². The molecule has 0 aromatic carbocycles.